The lowest BCUT2D eigenvalue weighted by Crippen LogP contribution is -2.19. The summed E-state index contributed by atoms with van der Waals surface area (Å²) in [6.07, 6.45) is 2.68. The van der Waals surface area contributed by atoms with Crippen LogP contribution in [-0.4, -0.2) is 29.6 Å². The topological polar surface area (TPSA) is 63.1 Å². The summed E-state index contributed by atoms with van der Waals surface area (Å²) in [4.78, 5) is 11.0. The van der Waals surface area contributed by atoms with Crippen LogP contribution in [0.15, 0.2) is 34.5 Å². The molecular weight excluding hydrogens is 274 g/mol. The Morgan fingerprint density at radius 3 is 3.15 bits per heavy atom. The van der Waals surface area contributed by atoms with Crippen LogP contribution in [0.2, 0.25) is 0 Å². The van der Waals surface area contributed by atoms with E-state index >= 15 is 0 Å². The van der Waals surface area contributed by atoms with Gasteiger partial charge in [-0.3, -0.25) is 4.79 Å². The largest absolute Gasteiger partial charge is 0.377 e. The standard InChI is InChI=1S/C14H17N3O2S/c1-2-6-19-9-12-5-3-4-11(7-12)8-15-17-14-16-13(18)10-20-14/h3-5,7-8H,2,6,9-10H2,1H3,(H,16,17,18). The van der Waals surface area contributed by atoms with Crippen molar-refractivity contribution in [2.45, 2.75) is 20.0 Å². The van der Waals surface area contributed by atoms with Gasteiger partial charge in [-0.25, -0.2) is 0 Å². The fourth-order valence-corrected chi connectivity index (χ4v) is 2.26. The molecule has 0 radical (unpaired) electrons. The van der Waals surface area contributed by atoms with Gasteiger partial charge in [0.05, 0.1) is 18.6 Å². The Morgan fingerprint density at radius 1 is 1.50 bits per heavy atom. The highest BCUT2D eigenvalue weighted by atomic mass is 32.2. The predicted octanol–water partition coefficient (Wildman–Crippen LogP) is 2.17. The van der Waals surface area contributed by atoms with E-state index in [0.29, 0.717) is 17.5 Å². The maximum absolute atomic E-state index is 11.0. The number of hydrogen-bond donors (Lipinski definition) is 1. The molecule has 0 bridgehead atoms. The highest BCUT2D eigenvalue weighted by Crippen LogP contribution is 2.09. The Morgan fingerprint density at radius 2 is 2.40 bits per heavy atom. The average Bonchev–Trinajstić information content (AvgIpc) is 2.85. The molecule has 1 amide bonds. The zero-order valence-corrected chi connectivity index (χ0v) is 12.2. The predicted molar refractivity (Wildman–Crippen MR) is 82.0 cm³/mol. The minimum Gasteiger partial charge on any atom is -0.377 e. The van der Waals surface area contributed by atoms with E-state index in [9.17, 15) is 4.79 Å². The van der Waals surface area contributed by atoms with Crippen molar-refractivity contribution >= 4 is 29.1 Å². The van der Waals surface area contributed by atoms with Gasteiger partial charge in [0.2, 0.25) is 5.91 Å². The van der Waals surface area contributed by atoms with Crippen LogP contribution in [-0.2, 0) is 16.1 Å². The molecule has 0 saturated carbocycles. The van der Waals surface area contributed by atoms with Crippen LogP contribution in [0.25, 0.3) is 0 Å². The summed E-state index contributed by atoms with van der Waals surface area (Å²) < 4.78 is 5.50. The summed E-state index contributed by atoms with van der Waals surface area (Å²) >= 11 is 1.36. The number of carbonyl (C=O) groups excluding carboxylic acids is 1. The summed E-state index contributed by atoms with van der Waals surface area (Å²) in [5, 5.41) is 11.1. The van der Waals surface area contributed by atoms with Gasteiger partial charge in [-0.05, 0) is 23.6 Å². The van der Waals surface area contributed by atoms with Crippen molar-refractivity contribution in [1.82, 2.24) is 5.32 Å². The lowest BCUT2D eigenvalue weighted by atomic mass is 10.1. The smallest absolute Gasteiger partial charge is 0.236 e. The van der Waals surface area contributed by atoms with Crippen LogP contribution in [0, 0.1) is 0 Å². The van der Waals surface area contributed by atoms with Crippen molar-refractivity contribution in [2.75, 3.05) is 12.4 Å². The Hall–Kier alpha value is -1.66. The molecule has 1 saturated heterocycles. The molecule has 20 heavy (non-hydrogen) atoms. The Balaban J connectivity index is 1.92. The number of rotatable bonds is 6. The van der Waals surface area contributed by atoms with Gasteiger partial charge in [0.25, 0.3) is 0 Å². The van der Waals surface area contributed by atoms with Gasteiger partial charge in [0, 0.05) is 6.61 Å². The van der Waals surface area contributed by atoms with Crippen molar-refractivity contribution in [3.63, 3.8) is 0 Å². The summed E-state index contributed by atoms with van der Waals surface area (Å²) in [6, 6.07) is 7.95. The lowest BCUT2D eigenvalue weighted by Gasteiger charge is -2.03. The highest BCUT2D eigenvalue weighted by Gasteiger charge is 2.15. The molecular formula is C14H17N3O2S. The number of nitrogens with zero attached hydrogens (tertiary/aromatic N) is 2. The van der Waals surface area contributed by atoms with Gasteiger partial charge in [-0.1, -0.05) is 36.9 Å². The van der Waals surface area contributed by atoms with Gasteiger partial charge >= 0.3 is 0 Å². The first-order valence-corrected chi connectivity index (χ1v) is 7.47. The van der Waals surface area contributed by atoms with E-state index in [1.54, 1.807) is 6.21 Å². The number of ether oxygens (including phenoxy) is 1. The summed E-state index contributed by atoms with van der Waals surface area (Å²) in [5.41, 5.74) is 2.07. The summed E-state index contributed by atoms with van der Waals surface area (Å²) in [7, 11) is 0. The second-order valence-electron chi connectivity index (χ2n) is 4.28. The molecule has 1 fully saturated rings. The third-order valence-electron chi connectivity index (χ3n) is 2.51. The third kappa shape index (κ3) is 4.79. The molecule has 1 aromatic rings. The second kappa shape index (κ2) is 7.81. The van der Waals surface area contributed by atoms with E-state index in [1.807, 2.05) is 24.3 Å². The summed E-state index contributed by atoms with van der Waals surface area (Å²) in [6.45, 7) is 3.46. The number of nitrogens with one attached hydrogen (secondary N) is 1. The zero-order valence-electron chi connectivity index (χ0n) is 11.3. The second-order valence-corrected chi connectivity index (χ2v) is 5.25. The number of thioether (sulfide) groups is 1. The average molecular weight is 291 g/mol. The highest BCUT2D eigenvalue weighted by molar-refractivity contribution is 8.15. The number of hydrogen-bond acceptors (Lipinski definition) is 5. The SMILES string of the molecule is CCCOCc1cccc(C=NN=C2NC(=O)CS2)c1. The number of benzene rings is 1. The van der Waals surface area contributed by atoms with E-state index < -0.39 is 0 Å². The molecule has 0 atom stereocenters. The summed E-state index contributed by atoms with van der Waals surface area (Å²) in [5.74, 6) is 0.387. The minimum absolute atomic E-state index is 0.0287. The third-order valence-corrected chi connectivity index (χ3v) is 3.37. The number of amides is 1. The van der Waals surface area contributed by atoms with Crippen molar-refractivity contribution in [3.8, 4) is 0 Å². The van der Waals surface area contributed by atoms with E-state index in [-0.39, 0.29) is 5.91 Å². The van der Waals surface area contributed by atoms with Crippen LogP contribution >= 0.6 is 11.8 Å². The van der Waals surface area contributed by atoms with E-state index in [0.717, 1.165) is 24.2 Å². The molecule has 2 rings (SSSR count). The maximum atomic E-state index is 11.0. The molecule has 1 aliphatic rings. The Bertz CT molecular complexity index is 529. The molecule has 1 N–H and O–H groups in total. The molecule has 0 spiro atoms. The van der Waals surface area contributed by atoms with Crippen LogP contribution < -0.4 is 5.32 Å². The van der Waals surface area contributed by atoms with Crippen LogP contribution in [0.3, 0.4) is 0 Å². The molecule has 1 aliphatic heterocycles. The first-order valence-electron chi connectivity index (χ1n) is 6.48. The zero-order chi connectivity index (χ0) is 14.2. The number of carbonyl (C=O) groups is 1. The minimum atomic E-state index is -0.0287. The van der Waals surface area contributed by atoms with Crippen molar-refractivity contribution in [3.05, 3.63) is 35.4 Å². The van der Waals surface area contributed by atoms with Gasteiger partial charge in [0.15, 0.2) is 5.17 Å². The van der Waals surface area contributed by atoms with Gasteiger partial charge in [-0.15, -0.1) is 5.10 Å². The fourth-order valence-electron chi connectivity index (χ4n) is 1.62. The van der Waals surface area contributed by atoms with Crippen LogP contribution in [0.5, 0.6) is 0 Å². The lowest BCUT2D eigenvalue weighted by molar-refractivity contribution is -0.116. The van der Waals surface area contributed by atoms with Gasteiger partial charge < -0.3 is 10.1 Å². The van der Waals surface area contributed by atoms with Gasteiger partial charge in [-0.2, -0.15) is 5.10 Å². The van der Waals surface area contributed by atoms with E-state index in [1.165, 1.54) is 11.8 Å². The van der Waals surface area contributed by atoms with E-state index in [4.69, 9.17) is 4.74 Å². The van der Waals surface area contributed by atoms with Crippen molar-refractivity contribution < 1.29 is 9.53 Å². The van der Waals surface area contributed by atoms with Crippen molar-refractivity contribution in [2.24, 2.45) is 10.2 Å². The monoisotopic (exact) mass is 291 g/mol. The molecule has 1 heterocycles. The van der Waals surface area contributed by atoms with Crippen molar-refractivity contribution in [1.29, 1.82) is 0 Å². The molecule has 0 unspecified atom stereocenters. The quantitative estimate of drug-likeness (QED) is 0.496. The van der Waals surface area contributed by atoms with Crippen LogP contribution in [0.1, 0.15) is 24.5 Å². The first-order chi connectivity index (χ1) is 9.78. The Kier molecular flexibility index (Phi) is 5.76. The van der Waals surface area contributed by atoms with Crippen LogP contribution in [0.4, 0.5) is 0 Å². The molecule has 1 aromatic carbocycles. The molecule has 0 aromatic heterocycles. The maximum Gasteiger partial charge on any atom is 0.236 e. The van der Waals surface area contributed by atoms with E-state index in [2.05, 4.69) is 22.4 Å². The fraction of sp³-hybridized carbons (Fsp3) is 0.357. The normalized spacial score (nSPS) is 17.1. The molecule has 5 nitrogen and oxygen atoms in total. The first kappa shape index (κ1) is 14.7. The molecule has 106 valence electrons. The Labute approximate surface area is 122 Å². The van der Waals surface area contributed by atoms with Gasteiger partial charge in [0.1, 0.15) is 0 Å². The number of amidine groups is 1. The molecule has 6 heteroatoms. The molecule has 0 aliphatic carbocycles.